The normalized spacial score (nSPS) is 12.2. The van der Waals surface area contributed by atoms with Crippen molar-refractivity contribution in [1.29, 1.82) is 0 Å². The van der Waals surface area contributed by atoms with Gasteiger partial charge in [-0.3, -0.25) is 13.9 Å². The van der Waals surface area contributed by atoms with Crippen LogP contribution in [0.25, 0.3) is 0 Å². The highest BCUT2D eigenvalue weighted by Crippen LogP contribution is 2.27. The zero-order valence-electron chi connectivity index (χ0n) is 20.8. The fourth-order valence-corrected chi connectivity index (χ4v) is 4.94. The summed E-state index contributed by atoms with van der Waals surface area (Å²) < 4.78 is 26.6. The van der Waals surface area contributed by atoms with Crippen molar-refractivity contribution < 1.29 is 18.0 Å². The summed E-state index contributed by atoms with van der Waals surface area (Å²) in [5.74, 6) is -0.790. The Hall–Kier alpha value is -2.29. The number of benzene rings is 2. The van der Waals surface area contributed by atoms with E-state index in [1.165, 1.54) is 4.90 Å². The predicted molar refractivity (Wildman–Crippen MR) is 142 cm³/mol. The third kappa shape index (κ3) is 7.59. The number of anilines is 1. The highest BCUT2D eigenvalue weighted by Gasteiger charge is 2.32. The second-order valence-electron chi connectivity index (χ2n) is 8.47. The number of aryl methyl sites for hydroxylation is 1. The molecule has 0 aromatic heterocycles. The van der Waals surface area contributed by atoms with Crippen LogP contribution >= 0.6 is 23.2 Å². The van der Waals surface area contributed by atoms with E-state index >= 15 is 0 Å². The van der Waals surface area contributed by atoms with Crippen LogP contribution in [0.4, 0.5) is 5.69 Å². The second-order valence-corrected chi connectivity index (χ2v) is 11.2. The summed E-state index contributed by atoms with van der Waals surface area (Å²) in [5, 5.41) is 3.55. The highest BCUT2D eigenvalue weighted by atomic mass is 35.5. The van der Waals surface area contributed by atoms with Crippen molar-refractivity contribution in [2.45, 2.75) is 53.1 Å². The van der Waals surface area contributed by atoms with Gasteiger partial charge in [-0.1, -0.05) is 55.2 Å². The number of carbonyl (C=O) groups is 2. The number of sulfonamides is 1. The van der Waals surface area contributed by atoms with Crippen LogP contribution in [0.15, 0.2) is 36.4 Å². The number of nitrogens with zero attached hydrogens (tertiary/aromatic N) is 2. The van der Waals surface area contributed by atoms with Gasteiger partial charge < -0.3 is 10.2 Å². The van der Waals surface area contributed by atoms with Gasteiger partial charge in [-0.25, -0.2) is 8.42 Å². The molecule has 2 aromatic carbocycles. The summed E-state index contributed by atoms with van der Waals surface area (Å²) in [6, 6.07) is 9.50. The molecule has 10 heteroatoms. The first-order valence-electron chi connectivity index (χ1n) is 11.5. The van der Waals surface area contributed by atoms with Crippen molar-refractivity contribution in [3.05, 3.63) is 63.1 Å². The monoisotopic (exact) mass is 541 g/mol. The fourth-order valence-electron chi connectivity index (χ4n) is 3.72. The van der Waals surface area contributed by atoms with E-state index in [0.717, 1.165) is 28.1 Å². The van der Waals surface area contributed by atoms with Gasteiger partial charge in [-0.05, 0) is 61.6 Å². The van der Waals surface area contributed by atoms with Gasteiger partial charge in [-0.15, -0.1) is 0 Å². The quantitative estimate of drug-likeness (QED) is 0.446. The number of amides is 2. The van der Waals surface area contributed by atoms with Crippen molar-refractivity contribution >= 4 is 50.7 Å². The number of halogens is 2. The molecule has 35 heavy (non-hydrogen) atoms. The molecule has 0 saturated carbocycles. The van der Waals surface area contributed by atoms with Crippen molar-refractivity contribution in [2.75, 3.05) is 23.7 Å². The van der Waals surface area contributed by atoms with E-state index in [-0.39, 0.29) is 12.5 Å². The topological polar surface area (TPSA) is 86.8 Å². The molecular formula is C25H33Cl2N3O4S. The van der Waals surface area contributed by atoms with Gasteiger partial charge in [0.25, 0.3) is 0 Å². The molecule has 0 bridgehead atoms. The predicted octanol–water partition coefficient (Wildman–Crippen LogP) is 4.71. The Balaban J connectivity index is 2.49. The van der Waals surface area contributed by atoms with Gasteiger partial charge in [0.2, 0.25) is 21.8 Å². The summed E-state index contributed by atoms with van der Waals surface area (Å²) in [6.07, 6.45) is 2.17. The van der Waals surface area contributed by atoms with E-state index in [9.17, 15) is 18.0 Å². The van der Waals surface area contributed by atoms with E-state index in [2.05, 4.69) is 5.32 Å². The van der Waals surface area contributed by atoms with Crippen LogP contribution in [0.2, 0.25) is 10.0 Å². The maximum absolute atomic E-state index is 13.7. The van der Waals surface area contributed by atoms with Crippen molar-refractivity contribution in [3.63, 3.8) is 0 Å². The van der Waals surface area contributed by atoms with E-state index in [1.54, 1.807) is 30.3 Å². The molecule has 192 valence electrons. The maximum Gasteiger partial charge on any atom is 0.244 e. The van der Waals surface area contributed by atoms with Gasteiger partial charge in [0.05, 0.1) is 22.0 Å². The standard InChI is InChI=1S/C25H33Cl2N3O4S/c1-6-13-28-25(32)22(7-2)29(15-19-11-12-20(26)21(27)14-19)24(31)16-30(35(5,33)34)23-10-8-9-17(3)18(23)4/h8-12,14,22H,6-7,13,15-16H2,1-5H3,(H,28,32)/t22-/m1/s1. The SMILES string of the molecule is CCCNC(=O)[C@@H](CC)N(Cc1ccc(Cl)c(Cl)c1)C(=O)CN(c1cccc(C)c1C)S(C)(=O)=O. The van der Waals surface area contributed by atoms with Crippen LogP contribution in [0, 0.1) is 13.8 Å². The Morgan fingerprint density at radius 2 is 1.74 bits per heavy atom. The van der Waals surface area contributed by atoms with E-state index in [0.29, 0.717) is 34.3 Å². The number of hydrogen-bond donors (Lipinski definition) is 1. The Labute approximate surface area is 218 Å². The fraction of sp³-hybridized carbons (Fsp3) is 0.440. The number of hydrogen-bond acceptors (Lipinski definition) is 4. The molecule has 1 atom stereocenters. The first-order chi connectivity index (χ1) is 16.4. The van der Waals surface area contributed by atoms with Crippen molar-refractivity contribution in [3.8, 4) is 0 Å². The number of rotatable bonds is 11. The lowest BCUT2D eigenvalue weighted by Crippen LogP contribution is -2.52. The van der Waals surface area contributed by atoms with Crippen LogP contribution in [-0.4, -0.2) is 50.5 Å². The van der Waals surface area contributed by atoms with Gasteiger partial charge in [0.1, 0.15) is 12.6 Å². The first-order valence-corrected chi connectivity index (χ1v) is 14.1. The lowest BCUT2D eigenvalue weighted by Gasteiger charge is -2.33. The average Bonchev–Trinajstić information content (AvgIpc) is 2.79. The lowest BCUT2D eigenvalue weighted by atomic mass is 10.1. The van der Waals surface area contributed by atoms with Gasteiger partial charge in [-0.2, -0.15) is 0 Å². The Bertz CT molecular complexity index is 1170. The molecule has 0 saturated heterocycles. The van der Waals surface area contributed by atoms with Crippen molar-refractivity contribution in [2.24, 2.45) is 0 Å². The Kier molecular flexibility index (Phi) is 10.4. The zero-order valence-corrected chi connectivity index (χ0v) is 23.1. The molecule has 0 heterocycles. The summed E-state index contributed by atoms with van der Waals surface area (Å²) in [4.78, 5) is 28.1. The van der Waals surface area contributed by atoms with Gasteiger partial charge in [0, 0.05) is 13.1 Å². The molecule has 0 unspecified atom stereocenters. The molecule has 0 aliphatic carbocycles. The molecule has 0 fully saturated rings. The minimum atomic E-state index is -3.79. The van der Waals surface area contributed by atoms with Crippen LogP contribution in [0.5, 0.6) is 0 Å². The first kappa shape index (κ1) is 28.9. The van der Waals surface area contributed by atoms with Crippen LogP contribution in [0.1, 0.15) is 43.4 Å². The van der Waals surface area contributed by atoms with Crippen molar-refractivity contribution in [1.82, 2.24) is 10.2 Å². The average molecular weight is 543 g/mol. The van der Waals surface area contributed by atoms with Crippen LogP contribution in [-0.2, 0) is 26.2 Å². The molecule has 2 rings (SSSR count). The Morgan fingerprint density at radius 3 is 2.31 bits per heavy atom. The van der Waals surface area contributed by atoms with E-state index in [1.807, 2.05) is 33.8 Å². The molecule has 2 aromatic rings. The zero-order chi connectivity index (χ0) is 26.3. The molecule has 7 nitrogen and oxygen atoms in total. The van der Waals surface area contributed by atoms with Crippen LogP contribution < -0.4 is 9.62 Å². The van der Waals surface area contributed by atoms with E-state index < -0.39 is 28.5 Å². The second kappa shape index (κ2) is 12.6. The van der Waals surface area contributed by atoms with Gasteiger partial charge in [0.15, 0.2) is 0 Å². The molecule has 0 radical (unpaired) electrons. The third-order valence-electron chi connectivity index (χ3n) is 5.80. The lowest BCUT2D eigenvalue weighted by molar-refractivity contribution is -0.140. The summed E-state index contributed by atoms with van der Waals surface area (Å²) >= 11 is 12.2. The molecule has 2 amide bonds. The smallest absolute Gasteiger partial charge is 0.244 e. The minimum Gasteiger partial charge on any atom is -0.354 e. The highest BCUT2D eigenvalue weighted by molar-refractivity contribution is 7.92. The van der Waals surface area contributed by atoms with Gasteiger partial charge >= 0.3 is 0 Å². The van der Waals surface area contributed by atoms with E-state index in [4.69, 9.17) is 23.2 Å². The summed E-state index contributed by atoms with van der Waals surface area (Å²) in [6.45, 7) is 7.54. The largest absolute Gasteiger partial charge is 0.354 e. The molecule has 0 aliphatic heterocycles. The molecular weight excluding hydrogens is 509 g/mol. The number of carbonyl (C=O) groups excluding carboxylic acids is 2. The van der Waals surface area contributed by atoms with Crippen LogP contribution in [0.3, 0.4) is 0 Å². The Morgan fingerprint density at radius 1 is 1.06 bits per heavy atom. The molecule has 1 N–H and O–H groups in total. The third-order valence-corrected chi connectivity index (χ3v) is 7.66. The summed E-state index contributed by atoms with van der Waals surface area (Å²) in [5.41, 5.74) is 2.77. The molecule has 0 aliphatic rings. The minimum absolute atomic E-state index is 0.0676. The number of nitrogens with one attached hydrogen (secondary N) is 1. The molecule has 0 spiro atoms. The maximum atomic E-state index is 13.7. The summed E-state index contributed by atoms with van der Waals surface area (Å²) in [7, 11) is -3.79.